The number of hydrogen-bond donors (Lipinski definition) is 1. The number of rotatable bonds is 4. The Morgan fingerprint density at radius 3 is 2.89 bits per heavy atom. The fourth-order valence-corrected chi connectivity index (χ4v) is 2.19. The molecule has 0 bridgehead atoms. The van der Waals surface area contributed by atoms with Crippen molar-refractivity contribution >= 4 is 15.9 Å². The molecular weight excluding hydrogens is 297 g/mol. The van der Waals surface area contributed by atoms with Gasteiger partial charge in [-0.1, -0.05) is 13.0 Å². The van der Waals surface area contributed by atoms with Crippen LogP contribution >= 0.6 is 15.9 Å². The Hall–Kier alpha value is -1.20. The number of halogens is 2. The van der Waals surface area contributed by atoms with Crippen molar-refractivity contribution in [2.24, 2.45) is 5.73 Å². The van der Waals surface area contributed by atoms with E-state index in [0.717, 1.165) is 24.1 Å². The van der Waals surface area contributed by atoms with Crippen LogP contribution in [-0.4, -0.2) is 9.78 Å². The van der Waals surface area contributed by atoms with E-state index in [1.807, 2.05) is 10.9 Å². The lowest BCUT2D eigenvalue weighted by atomic mass is 10.0. The first kappa shape index (κ1) is 13.2. The second kappa shape index (κ2) is 5.63. The fourth-order valence-electron chi connectivity index (χ4n) is 1.79. The molecule has 1 heterocycles. The lowest BCUT2D eigenvalue weighted by Gasteiger charge is -2.10. The van der Waals surface area contributed by atoms with Crippen LogP contribution < -0.4 is 5.73 Å². The van der Waals surface area contributed by atoms with Gasteiger partial charge in [-0.05, 0) is 40.0 Å². The fraction of sp³-hybridized carbons (Fsp3) is 0.308. The lowest BCUT2D eigenvalue weighted by molar-refractivity contribution is 0.601. The topological polar surface area (TPSA) is 43.8 Å². The zero-order valence-corrected chi connectivity index (χ0v) is 11.7. The molecule has 2 N–H and O–H groups in total. The summed E-state index contributed by atoms with van der Waals surface area (Å²) in [4.78, 5) is 0. The van der Waals surface area contributed by atoms with Crippen molar-refractivity contribution in [3.05, 3.63) is 52.0 Å². The molecule has 0 amide bonds. The van der Waals surface area contributed by atoms with Crippen molar-refractivity contribution in [3.63, 3.8) is 0 Å². The third-order valence-corrected chi connectivity index (χ3v) is 3.38. The minimum Gasteiger partial charge on any atom is -0.320 e. The van der Waals surface area contributed by atoms with Crippen LogP contribution in [0.2, 0.25) is 0 Å². The summed E-state index contributed by atoms with van der Waals surface area (Å²) >= 11 is 3.17. The number of hydrogen-bond acceptors (Lipinski definition) is 2. The highest BCUT2D eigenvalue weighted by Crippen LogP contribution is 2.24. The maximum absolute atomic E-state index is 13.2. The van der Waals surface area contributed by atoms with Gasteiger partial charge in [0.15, 0.2) is 0 Å². The van der Waals surface area contributed by atoms with Gasteiger partial charge in [-0.25, -0.2) is 4.39 Å². The molecule has 0 aliphatic heterocycles. The Bertz CT molecular complexity index is 539. The van der Waals surface area contributed by atoms with E-state index in [1.165, 1.54) is 6.07 Å². The number of nitrogens with two attached hydrogens (primary N) is 1. The van der Waals surface area contributed by atoms with E-state index >= 15 is 0 Å². The van der Waals surface area contributed by atoms with Gasteiger partial charge in [-0.15, -0.1) is 0 Å². The van der Waals surface area contributed by atoms with E-state index in [4.69, 9.17) is 5.73 Å². The van der Waals surface area contributed by atoms with Gasteiger partial charge in [0.25, 0.3) is 0 Å². The molecule has 1 aromatic carbocycles. The molecule has 0 spiro atoms. The zero-order valence-electron chi connectivity index (χ0n) is 10.1. The highest BCUT2D eigenvalue weighted by molar-refractivity contribution is 9.10. The summed E-state index contributed by atoms with van der Waals surface area (Å²) in [7, 11) is 0. The number of aryl methyl sites for hydroxylation is 1. The van der Waals surface area contributed by atoms with Crippen LogP contribution in [0.15, 0.2) is 35.1 Å². The van der Waals surface area contributed by atoms with Gasteiger partial charge in [0.1, 0.15) is 5.82 Å². The molecule has 96 valence electrons. The summed E-state index contributed by atoms with van der Waals surface area (Å²) in [6.45, 7) is 2.97. The lowest BCUT2D eigenvalue weighted by Crippen LogP contribution is -2.11. The summed E-state index contributed by atoms with van der Waals surface area (Å²) in [5.41, 5.74) is 7.94. The highest BCUT2D eigenvalue weighted by atomic mass is 79.9. The van der Waals surface area contributed by atoms with Crippen LogP contribution in [0.25, 0.3) is 0 Å². The molecule has 0 saturated carbocycles. The maximum Gasteiger partial charge on any atom is 0.137 e. The van der Waals surface area contributed by atoms with E-state index in [-0.39, 0.29) is 11.9 Å². The van der Waals surface area contributed by atoms with E-state index in [0.29, 0.717) is 4.47 Å². The summed E-state index contributed by atoms with van der Waals surface area (Å²) < 4.78 is 15.5. The summed E-state index contributed by atoms with van der Waals surface area (Å²) in [5.74, 6) is -0.285. The molecule has 0 fully saturated rings. The Morgan fingerprint density at radius 1 is 1.44 bits per heavy atom. The molecule has 0 aliphatic carbocycles. The highest BCUT2D eigenvalue weighted by Gasteiger charge is 2.12. The normalized spacial score (nSPS) is 12.7. The third-order valence-electron chi connectivity index (χ3n) is 2.77. The molecule has 1 unspecified atom stereocenters. The van der Waals surface area contributed by atoms with Gasteiger partial charge in [-0.2, -0.15) is 5.10 Å². The predicted molar refractivity (Wildman–Crippen MR) is 72.6 cm³/mol. The maximum atomic E-state index is 13.2. The minimum atomic E-state index is -0.285. The second-order valence-electron chi connectivity index (χ2n) is 4.19. The molecule has 2 aromatic rings. The number of benzene rings is 1. The Kier molecular flexibility index (Phi) is 4.14. The standard InChI is InChI=1S/C13H15BrFN3/c1-2-5-18-8-10(7-17-18)13(16)9-3-4-12(15)11(14)6-9/h3-4,6-8,13H,2,5,16H2,1H3. The van der Waals surface area contributed by atoms with Crippen LogP contribution in [0, 0.1) is 5.82 Å². The van der Waals surface area contributed by atoms with E-state index in [2.05, 4.69) is 28.0 Å². The first-order chi connectivity index (χ1) is 8.61. The predicted octanol–water partition coefficient (Wildman–Crippen LogP) is 3.24. The van der Waals surface area contributed by atoms with Crippen molar-refractivity contribution in [1.82, 2.24) is 9.78 Å². The zero-order chi connectivity index (χ0) is 13.1. The SMILES string of the molecule is CCCn1cc(C(N)c2ccc(F)c(Br)c2)cn1. The Morgan fingerprint density at radius 2 is 2.22 bits per heavy atom. The van der Waals surface area contributed by atoms with Gasteiger partial charge in [-0.3, -0.25) is 4.68 Å². The molecule has 18 heavy (non-hydrogen) atoms. The Balaban J connectivity index is 2.23. The molecule has 1 atom stereocenters. The smallest absolute Gasteiger partial charge is 0.137 e. The van der Waals surface area contributed by atoms with Crippen molar-refractivity contribution in [3.8, 4) is 0 Å². The Labute approximate surface area is 114 Å². The van der Waals surface area contributed by atoms with E-state index in [1.54, 1.807) is 18.3 Å². The average molecular weight is 312 g/mol. The van der Waals surface area contributed by atoms with Crippen LogP contribution in [0.5, 0.6) is 0 Å². The average Bonchev–Trinajstić information content (AvgIpc) is 2.81. The van der Waals surface area contributed by atoms with Gasteiger partial charge in [0.05, 0.1) is 16.7 Å². The van der Waals surface area contributed by atoms with Gasteiger partial charge in [0, 0.05) is 18.3 Å². The molecule has 3 nitrogen and oxygen atoms in total. The minimum absolute atomic E-state index is 0.285. The quantitative estimate of drug-likeness (QED) is 0.942. The molecule has 5 heteroatoms. The van der Waals surface area contributed by atoms with Crippen LogP contribution in [0.3, 0.4) is 0 Å². The molecular formula is C13H15BrFN3. The summed E-state index contributed by atoms with van der Waals surface area (Å²) in [6, 6.07) is 4.53. The largest absolute Gasteiger partial charge is 0.320 e. The van der Waals surface area contributed by atoms with E-state index in [9.17, 15) is 4.39 Å². The molecule has 0 saturated heterocycles. The molecule has 1 aromatic heterocycles. The first-order valence-electron chi connectivity index (χ1n) is 5.84. The summed E-state index contributed by atoms with van der Waals surface area (Å²) in [6.07, 6.45) is 4.72. The molecule has 2 rings (SSSR count). The van der Waals surface area contributed by atoms with Crippen LogP contribution in [-0.2, 0) is 6.54 Å². The molecule has 0 aliphatic rings. The van der Waals surface area contributed by atoms with Crippen LogP contribution in [0.4, 0.5) is 4.39 Å². The van der Waals surface area contributed by atoms with E-state index < -0.39 is 0 Å². The van der Waals surface area contributed by atoms with Crippen LogP contribution in [0.1, 0.15) is 30.5 Å². The van der Waals surface area contributed by atoms with Gasteiger partial charge >= 0.3 is 0 Å². The van der Waals surface area contributed by atoms with Gasteiger partial charge < -0.3 is 5.73 Å². The number of nitrogens with zero attached hydrogens (tertiary/aromatic N) is 2. The van der Waals surface area contributed by atoms with Crippen molar-refractivity contribution in [1.29, 1.82) is 0 Å². The van der Waals surface area contributed by atoms with Gasteiger partial charge in [0.2, 0.25) is 0 Å². The monoisotopic (exact) mass is 311 g/mol. The van der Waals surface area contributed by atoms with Crippen molar-refractivity contribution < 1.29 is 4.39 Å². The van der Waals surface area contributed by atoms with Crippen molar-refractivity contribution in [2.75, 3.05) is 0 Å². The third kappa shape index (κ3) is 2.79. The molecule has 0 radical (unpaired) electrons. The summed E-state index contributed by atoms with van der Waals surface area (Å²) in [5, 5.41) is 4.24. The van der Waals surface area contributed by atoms with Crippen molar-refractivity contribution in [2.45, 2.75) is 25.9 Å². The number of aromatic nitrogens is 2. The second-order valence-corrected chi connectivity index (χ2v) is 5.04. The first-order valence-corrected chi connectivity index (χ1v) is 6.64.